The molecule has 1 aliphatic carbocycles. The fraction of sp³-hybridized carbons (Fsp3) is 1.00. The van der Waals surface area contributed by atoms with Gasteiger partial charge in [0, 0.05) is 18.2 Å². The third kappa shape index (κ3) is 2.99. The molecule has 1 aliphatic heterocycles. The lowest BCUT2D eigenvalue weighted by molar-refractivity contribution is 0.131. The lowest BCUT2D eigenvalue weighted by Gasteiger charge is -2.31. The average molecular weight is 242 g/mol. The maximum absolute atomic E-state index is 9.41. The third-order valence-electron chi connectivity index (χ3n) is 4.66. The molecule has 2 aliphatic rings. The summed E-state index contributed by atoms with van der Waals surface area (Å²) < 4.78 is 5.41. The van der Waals surface area contributed by atoms with Crippen LogP contribution in [0.3, 0.4) is 0 Å². The molecular formula is C13H26N2O2. The fourth-order valence-electron chi connectivity index (χ4n) is 3.22. The van der Waals surface area contributed by atoms with Crippen LogP contribution in [0.25, 0.3) is 0 Å². The Morgan fingerprint density at radius 2 is 2.29 bits per heavy atom. The van der Waals surface area contributed by atoms with E-state index in [-0.39, 0.29) is 12.1 Å². The molecule has 4 nitrogen and oxygen atoms in total. The molecule has 2 fully saturated rings. The predicted molar refractivity (Wildman–Crippen MR) is 67.8 cm³/mol. The van der Waals surface area contributed by atoms with Crippen molar-refractivity contribution in [2.24, 2.45) is 11.7 Å². The van der Waals surface area contributed by atoms with Gasteiger partial charge in [-0.15, -0.1) is 0 Å². The van der Waals surface area contributed by atoms with Gasteiger partial charge in [-0.1, -0.05) is 6.42 Å². The molecule has 3 N–H and O–H groups in total. The fourth-order valence-corrected chi connectivity index (χ4v) is 3.22. The Morgan fingerprint density at radius 1 is 1.47 bits per heavy atom. The Morgan fingerprint density at radius 3 is 2.94 bits per heavy atom. The van der Waals surface area contributed by atoms with Gasteiger partial charge in [-0.3, -0.25) is 0 Å². The largest absolute Gasteiger partial charge is 0.394 e. The minimum Gasteiger partial charge on any atom is -0.394 e. The van der Waals surface area contributed by atoms with E-state index in [1.807, 2.05) is 0 Å². The number of nitrogens with two attached hydrogens (primary N) is 1. The molecule has 0 aromatic carbocycles. The number of likely N-dealkylation sites (N-methyl/N-ethyl adjacent to an activating group) is 1. The molecule has 0 amide bonds. The number of rotatable bonds is 5. The zero-order chi connectivity index (χ0) is 12.3. The second-order valence-corrected chi connectivity index (χ2v) is 5.77. The highest BCUT2D eigenvalue weighted by Gasteiger charge is 2.38. The van der Waals surface area contributed by atoms with E-state index in [4.69, 9.17) is 10.5 Å². The number of hydrogen-bond donors (Lipinski definition) is 2. The van der Waals surface area contributed by atoms with Gasteiger partial charge in [0.15, 0.2) is 0 Å². The number of ether oxygens (including phenoxy) is 1. The number of nitrogens with zero attached hydrogens (tertiary/aromatic N) is 1. The van der Waals surface area contributed by atoms with Crippen molar-refractivity contribution in [1.82, 2.24) is 4.90 Å². The highest BCUT2D eigenvalue weighted by atomic mass is 16.5. The van der Waals surface area contributed by atoms with E-state index < -0.39 is 0 Å². The summed E-state index contributed by atoms with van der Waals surface area (Å²) in [6, 6.07) is 0.581. The highest BCUT2D eigenvalue weighted by Crippen LogP contribution is 2.35. The second kappa shape index (κ2) is 5.65. The molecule has 17 heavy (non-hydrogen) atoms. The van der Waals surface area contributed by atoms with Crippen LogP contribution in [-0.2, 0) is 4.74 Å². The zero-order valence-corrected chi connectivity index (χ0v) is 10.9. The Balaban J connectivity index is 1.77. The van der Waals surface area contributed by atoms with Crippen molar-refractivity contribution in [3.63, 3.8) is 0 Å². The van der Waals surface area contributed by atoms with Crippen molar-refractivity contribution in [3.8, 4) is 0 Å². The van der Waals surface area contributed by atoms with E-state index in [9.17, 15) is 5.11 Å². The molecule has 0 aromatic rings. The van der Waals surface area contributed by atoms with Crippen LogP contribution in [0.4, 0.5) is 0 Å². The number of hydrogen-bond acceptors (Lipinski definition) is 4. The van der Waals surface area contributed by atoms with Crippen LogP contribution in [0.1, 0.15) is 32.1 Å². The SMILES string of the molecule is CN(CCC1CCCC1(N)CO)C1CCOC1. The van der Waals surface area contributed by atoms with E-state index in [2.05, 4.69) is 11.9 Å². The van der Waals surface area contributed by atoms with E-state index in [1.165, 1.54) is 6.42 Å². The molecule has 2 rings (SSSR count). The lowest BCUT2D eigenvalue weighted by atomic mass is 9.86. The summed E-state index contributed by atoms with van der Waals surface area (Å²) in [5.41, 5.74) is 5.94. The van der Waals surface area contributed by atoms with Crippen molar-refractivity contribution >= 4 is 0 Å². The molecule has 0 radical (unpaired) electrons. The molecule has 1 saturated carbocycles. The normalized spacial score (nSPS) is 38.1. The van der Waals surface area contributed by atoms with Gasteiger partial charge in [-0.25, -0.2) is 0 Å². The average Bonchev–Trinajstić information content (AvgIpc) is 2.96. The van der Waals surface area contributed by atoms with Crippen LogP contribution < -0.4 is 5.73 Å². The molecule has 3 atom stereocenters. The van der Waals surface area contributed by atoms with E-state index >= 15 is 0 Å². The molecule has 3 unspecified atom stereocenters. The Kier molecular flexibility index (Phi) is 4.42. The molecule has 1 saturated heterocycles. The van der Waals surface area contributed by atoms with Crippen LogP contribution in [0, 0.1) is 5.92 Å². The Hall–Kier alpha value is -0.160. The summed E-state index contributed by atoms with van der Waals surface area (Å²) >= 11 is 0. The van der Waals surface area contributed by atoms with Crippen LogP contribution in [0.5, 0.6) is 0 Å². The first-order valence-electron chi connectivity index (χ1n) is 6.83. The smallest absolute Gasteiger partial charge is 0.0622 e. The van der Waals surface area contributed by atoms with Crippen LogP contribution in [0.15, 0.2) is 0 Å². The van der Waals surface area contributed by atoms with Gasteiger partial charge in [0.1, 0.15) is 0 Å². The van der Waals surface area contributed by atoms with Crippen LogP contribution in [-0.4, -0.2) is 55.0 Å². The maximum Gasteiger partial charge on any atom is 0.0622 e. The van der Waals surface area contributed by atoms with E-state index in [0.29, 0.717) is 12.0 Å². The van der Waals surface area contributed by atoms with Gasteiger partial charge >= 0.3 is 0 Å². The standard InChI is InChI=1S/C13H26N2O2/c1-15(12-5-8-17-9-12)7-4-11-3-2-6-13(11,14)10-16/h11-12,16H,2-10,14H2,1H3. The van der Waals surface area contributed by atoms with Crippen molar-refractivity contribution in [3.05, 3.63) is 0 Å². The minimum atomic E-state index is -0.312. The van der Waals surface area contributed by atoms with Crippen molar-refractivity contribution in [2.75, 3.05) is 33.4 Å². The molecule has 4 heteroatoms. The summed E-state index contributed by atoms with van der Waals surface area (Å²) in [5.74, 6) is 0.484. The second-order valence-electron chi connectivity index (χ2n) is 5.77. The first-order chi connectivity index (χ1) is 8.15. The highest BCUT2D eigenvalue weighted by molar-refractivity contribution is 4.96. The predicted octanol–water partition coefficient (Wildman–Crippen LogP) is 0.587. The van der Waals surface area contributed by atoms with Crippen molar-refractivity contribution < 1.29 is 9.84 Å². The summed E-state index contributed by atoms with van der Waals surface area (Å²) in [6.07, 6.45) is 5.56. The first-order valence-corrected chi connectivity index (χ1v) is 6.83. The lowest BCUT2D eigenvalue weighted by Crippen LogP contribution is -2.48. The maximum atomic E-state index is 9.41. The Labute approximate surface area is 104 Å². The van der Waals surface area contributed by atoms with E-state index in [1.54, 1.807) is 0 Å². The van der Waals surface area contributed by atoms with Crippen LogP contribution in [0.2, 0.25) is 0 Å². The first kappa shape index (κ1) is 13.3. The van der Waals surface area contributed by atoms with Crippen molar-refractivity contribution in [2.45, 2.75) is 43.7 Å². The van der Waals surface area contributed by atoms with Gasteiger partial charge in [-0.2, -0.15) is 0 Å². The van der Waals surface area contributed by atoms with Gasteiger partial charge in [-0.05, 0) is 45.2 Å². The topological polar surface area (TPSA) is 58.7 Å². The molecule has 0 bridgehead atoms. The third-order valence-corrected chi connectivity index (χ3v) is 4.66. The minimum absolute atomic E-state index is 0.133. The summed E-state index contributed by atoms with van der Waals surface area (Å²) in [4.78, 5) is 2.39. The summed E-state index contributed by atoms with van der Waals surface area (Å²) in [6.45, 7) is 2.97. The van der Waals surface area contributed by atoms with Gasteiger partial charge < -0.3 is 20.5 Å². The number of aliphatic hydroxyl groups is 1. The van der Waals surface area contributed by atoms with Gasteiger partial charge in [0.25, 0.3) is 0 Å². The molecule has 1 heterocycles. The molecule has 0 aromatic heterocycles. The van der Waals surface area contributed by atoms with Crippen molar-refractivity contribution in [1.29, 1.82) is 0 Å². The van der Waals surface area contributed by atoms with Gasteiger partial charge in [0.2, 0.25) is 0 Å². The molecular weight excluding hydrogens is 216 g/mol. The van der Waals surface area contributed by atoms with Crippen LogP contribution >= 0.6 is 0 Å². The monoisotopic (exact) mass is 242 g/mol. The zero-order valence-electron chi connectivity index (χ0n) is 10.9. The quantitative estimate of drug-likeness (QED) is 0.741. The summed E-state index contributed by atoms with van der Waals surface area (Å²) in [7, 11) is 2.17. The molecule has 0 spiro atoms. The molecule has 100 valence electrons. The Bertz CT molecular complexity index is 244. The summed E-state index contributed by atoms with van der Waals surface area (Å²) in [5, 5.41) is 9.41. The number of aliphatic hydroxyl groups excluding tert-OH is 1. The van der Waals surface area contributed by atoms with Gasteiger partial charge in [0.05, 0.1) is 13.2 Å². The van der Waals surface area contributed by atoms with E-state index in [0.717, 1.165) is 45.4 Å².